The van der Waals surface area contributed by atoms with E-state index in [1.165, 1.54) is 25.6 Å². The zero-order chi connectivity index (χ0) is 13.8. The number of halogens is 2. The first-order valence-corrected chi connectivity index (χ1v) is 6.14. The van der Waals surface area contributed by atoms with Crippen LogP contribution in [0.1, 0.15) is 0 Å². The number of methoxy groups -OCH3 is 1. The molecule has 0 atom stereocenters. The molecule has 0 amide bonds. The zero-order valence-corrected chi connectivity index (χ0v) is 11.9. The molecule has 0 unspecified atom stereocenters. The molecule has 100 valence electrons. The largest absolute Gasteiger partial charge is 0.489 e. The van der Waals surface area contributed by atoms with Crippen molar-refractivity contribution in [3.05, 3.63) is 34.8 Å². The summed E-state index contributed by atoms with van der Waals surface area (Å²) in [6.07, 6.45) is 1.33. The van der Waals surface area contributed by atoms with Crippen LogP contribution in [0.2, 0.25) is 0 Å². The van der Waals surface area contributed by atoms with Gasteiger partial charge in [0.2, 0.25) is 5.75 Å². The van der Waals surface area contributed by atoms with E-state index in [4.69, 9.17) is 9.47 Å². The van der Waals surface area contributed by atoms with Gasteiger partial charge in [0.1, 0.15) is 17.9 Å². The number of nitrogens with one attached hydrogen (secondary N) is 1. The number of rotatable bonds is 4. The third-order valence-corrected chi connectivity index (χ3v) is 2.97. The SMILES string of the molecule is CNc1ncnc(Oc2cc(F)ccc2Br)c1OC. The minimum absolute atomic E-state index is 0.202. The molecule has 7 heteroatoms. The summed E-state index contributed by atoms with van der Waals surface area (Å²) in [4.78, 5) is 7.98. The van der Waals surface area contributed by atoms with Crippen molar-refractivity contribution in [3.63, 3.8) is 0 Å². The van der Waals surface area contributed by atoms with Crippen molar-refractivity contribution >= 4 is 21.7 Å². The van der Waals surface area contributed by atoms with Gasteiger partial charge in [0.05, 0.1) is 11.6 Å². The Hall–Kier alpha value is -1.89. The highest BCUT2D eigenvalue weighted by Gasteiger charge is 2.14. The number of benzene rings is 1. The maximum atomic E-state index is 13.2. The third-order valence-electron chi connectivity index (χ3n) is 2.31. The maximum absolute atomic E-state index is 13.2. The Balaban J connectivity index is 2.40. The lowest BCUT2D eigenvalue weighted by atomic mass is 10.3. The fraction of sp³-hybridized carbons (Fsp3) is 0.167. The molecule has 0 saturated carbocycles. The fourth-order valence-corrected chi connectivity index (χ4v) is 1.78. The Bertz CT molecular complexity index is 595. The summed E-state index contributed by atoms with van der Waals surface area (Å²) in [5, 5.41) is 2.86. The van der Waals surface area contributed by atoms with Crippen LogP contribution in [0.25, 0.3) is 0 Å². The van der Waals surface area contributed by atoms with E-state index in [9.17, 15) is 4.39 Å². The van der Waals surface area contributed by atoms with E-state index in [0.29, 0.717) is 21.8 Å². The molecule has 1 aromatic heterocycles. The molecule has 0 fully saturated rings. The van der Waals surface area contributed by atoms with Crippen molar-refractivity contribution in [2.75, 3.05) is 19.5 Å². The lowest BCUT2D eigenvalue weighted by Crippen LogP contribution is -2.01. The molecule has 1 aromatic carbocycles. The summed E-state index contributed by atoms with van der Waals surface area (Å²) in [5.74, 6) is 0.938. The molecular formula is C12H11BrFN3O2. The normalized spacial score (nSPS) is 10.1. The van der Waals surface area contributed by atoms with E-state index in [1.54, 1.807) is 13.1 Å². The van der Waals surface area contributed by atoms with Crippen LogP contribution in [0.3, 0.4) is 0 Å². The van der Waals surface area contributed by atoms with E-state index >= 15 is 0 Å². The summed E-state index contributed by atoms with van der Waals surface area (Å²) in [6.45, 7) is 0. The summed E-state index contributed by atoms with van der Waals surface area (Å²) < 4.78 is 24.6. The van der Waals surface area contributed by atoms with Crippen molar-refractivity contribution in [2.24, 2.45) is 0 Å². The molecule has 2 aromatic rings. The molecule has 5 nitrogen and oxygen atoms in total. The van der Waals surface area contributed by atoms with Crippen LogP contribution >= 0.6 is 15.9 Å². The van der Waals surface area contributed by atoms with Gasteiger partial charge >= 0.3 is 0 Å². The molecule has 0 saturated heterocycles. The molecule has 0 spiro atoms. The molecule has 1 heterocycles. The molecule has 0 aliphatic carbocycles. The monoisotopic (exact) mass is 327 g/mol. The summed E-state index contributed by atoms with van der Waals surface area (Å²) >= 11 is 3.28. The standard InChI is InChI=1S/C12H11BrFN3O2/c1-15-11-10(18-2)12(17-6-16-11)19-9-5-7(14)3-4-8(9)13/h3-6H,1-2H3,(H,15,16,17). The topological polar surface area (TPSA) is 56.3 Å². The number of ether oxygens (including phenoxy) is 2. The molecule has 1 N–H and O–H groups in total. The number of nitrogens with zero attached hydrogens (tertiary/aromatic N) is 2. The predicted molar refractivity (Wildman–Crippen MR) is 72.3 cm³/mol. The van der Waals surface area contributed by atoms with Crippen molar-refractivity contribution in [2.45, 2.75) is 0 Å². The fourth-order valence-electron chi connectivity index (χ4n) is 1.45. The summed E-state index contributed by atoms with van der Waals surface area (Å²) in [7, 11) is 3.18. The average molecular weight is 328 g/mol. The van der Waals surface area contributed by atoms with Gasteiger partial charge in [-0.15, -0.1) is 0 Å². The van der Waals surface area contributed by atoms with Gasteiger partial charge < -0.3 is 14.8 Å². The molecule has 0 radical (unpaired) electrons. The van der Waals surface area contributed by atoms with Gasteiger partial charge in [0.15, 0.2) is 5.82 Å². The van der Waals surface area contributed by atoms with E-state index in [0.717, 1.165) is 0 Å². The van der Waals surface area contributed by atoms with Crippen LogP contribution in [0.15, 0.2) is 29.0 Å². The van der Waals surface area contributed by atoms with Crippen molar-refractivity contribution in [1.29, 1.82) is 0 Å². The summed E-state index contributed by atoms with van der Waals surface area (Å²) in [6, 6.07) is 4.13. The number of hydrogen-bond acceptors (Lipinski definition) is 5. The van der Waals surface area contributed by atoms with Crippen LogP contribution < -0.4 is 14.8 Å². The van der Waals surface area contributed by atoms with E-state index in [1.807, 2.05) is 0 Å². The Morgan fingerprint density at radius 1 is 1.32 bits per heavy atom. The lowest BCUT2D eigenvalue weighted by molar-refractivity contribution is 0.367. The van der Waals surface area contributed by atoms with E-state index in [2.05, 4.69) is 31.2 Å². The zero-order valence-electron chi connectivity index (χ0n) is 10.3. The minimum Gasteiger partial charge on any atom is -0.489 e. The highest BCUT2D eigenvalue weighted by molar-refractivity contribution is 9.10. The number of hydrogen-bond donors (Lipinski definition) is 1. The van der Waals surface area contributed by atoms with Crippen LogP contribution in [-0.4, -0.2) is 24.1 Å². The van der Waals surface area contributed by atoms with Crippen LogP contribution in [0.5, 0.6) is 17.4 Å². The van der Waals surface area contributed by atoms with Gasteiger partial charge in [0, 0.05) is 13.1 Å². The van der Waals surface area contributed by atoms with E-state index < -0.39 is 5.82 Å². The summed E-state index contributed by atoms with van der Waals surface area (Å²) in [5.41, 5.74) is 0. The number of aromatic nitrogens is 2. The Morgan fingerprint density at radius 2 is 2.11 bits per heavy atom. The van der Waals surface area contributed by atoms with Crippen LogP contribution in [0, 0.1) is 5.82 Å². The second-order valence-corrected chi connectivity index (χ2v) is 4.34. The minimum atomic E-state index is -0.403. The molecule has 2 rings (SSSR count). The highest BCUT2D eigenvalue weighted by Crippen LogP contribution is 2.36. The predicted octanol–water partition coefficient (Wildman–Crippen LogP) is 3.22. The first-order chi connectivity index (χ1) is 9.15. The van der Waals surface area contributed by atoms with Gasteiger partial charge in [-0.3, -0.25) is 0 Å². The Kier molecular flexibility index (Phi) is 4.16. The van der Waals surface area contributed by atoms with E-state index in [-0.39, 0.29) is 5.88 Å². The average Bonchev–Trinajstić information content (AvgIpc) is 2.42. The first-order valence-electron chi connectivity index (χ1n) is 5.35. The van der Waals surface area contributed by atoms with Gasteiger partial charge in [-0.1, -0.05) is 0 Å². The van der Waals surface area contributed by atoms with Crippen LogP contribution in [-0.2, 0) is 0 Å². The molecule has 0 aliphatic rings. The van der Waals surface area contributed by atoms with Gasteiger partial charge in [-0.2, -0.15) is 4.98 Å². The third kappa shape index (κ3) is 2.93. The molecular weight excluding hydrogens is 317 g/mol. The second kappa shape index (κ2) is 5.83. The van der Waals surface area contributed by atoms with Crippen molar-refractivity contribution in [3.8, 4) is 17.4 Å². The highest BCUT2D eigenvalue weighted by atomic mass is 79.9. The van der Waals surface area contributed by atoms with Gasteiger partial charge in [-0.05, 0) is 28.1 Å². The van der Waals surface area contributed by atoms with Gasteiger partial charge in [-0.25, -0.2) is 9.37 Å². The first kappa shape index (κ1) is 13.5. The molecule has 19 heavy (non-hydrogen) atoms. The van der Waals surface area contributed by atoms with Crippen LogP contribution in [0.4, 0.5) is 10.2 Å². The Morgan fingerprint density at radius 3 is 2.79 bits per heavy atom. The number of anilines is 1. The molecule has 0 aliphatic heterocycles. The van der Waals surface area contributed by atoms with Gasteiger partial charge in [0.25, 0.3) is 5.88 Å². The second-order valence-electron chi connectivity index (χ2n) is 3.49. The quantitative estimate of drug-likeness (QED) is 0.934. The molecule has 0 bridgehead atoms. The smallest absolute Gasteiger partial charge is 0.268 e. The van der Waals surface area contributed by atoms with Crippen molar-refractivity contribution in [1.82, 2.24) is 9.97 Å². The van der Waals surface area contributed by atoms with Crippen molar-refractivity contribution < 1.29 is 13.9 Å². The lowest BCUT2D eigenvalue weighted by Gasteiger charge is -2.12. The maximum Gasteiger partial charge on any atom is 0.268 e. The Labute approximate surface area is 117 Å².